The molecule has 1 aliphatic rings. The molecule has 15 heavy (non-hydrogen) atoms. The Morgan fingerprint density at radius 2 is 2.40 bits per heavy atom. The molecule has 0 aromatic heterocycles. The van der Waals surface area contributed by atoms with Crippen LogP contribution in [0, 0.1) is 18.2 Å². The largest absolute Gasteiger partial charge is 0.489 e. The van der Waals surface area contributed by atoms with Crippen molar-refractivity contribution in [2.24, 2.45) is 0 Å². The average molecular weight is 270 g/mol. The molecule has 1 aromatic carbocycles. The van der Waals surface area contributed by atoms with E-state index in [4.69, 9.17) is 11.2 Å². The van der Waals surface area contributed by atoms with Crippen molar-refractivity contribution in [2.75, 3.05) is 24.6 Å². The molecule has 0 bridgehead atoms. The first kappa shape index (κ1) is 10.3. The number of terminal acetylenes is 1. The maximum absolute atomic E-state index is 13.2. The second-order valence-corrected chi connectivity index (χ2v) is 4.06. The molecular formula is C11H9BrFNO. The Morgan fingerprint density at radius 3 is 3.13 bits per heavy atom. The van der Waals surface area contributed by atoms with Crippen molar-refractivity contribution in [3.05, 3.63) is 22.4 Å². The third-order valence-corrected chi connectivity index (χ3v) is 2.85. The van der Waals surface area contributed by atoms with Crippen LogP contribution in [-0.4, -0.2) is 19.7 Å². The van der Waals surface area contributed by atoms with Gasteiger partial charge in [-0.25, -0.2) is 4.39 Å². The fraction of sp³-hybridized carbons (Fsp3) is 0.273. The van der Waals surface area contributed by atoms with E-state index in [-0.39, 0.29) is 5.82 Å². The van der Waals surface area contributed by atoms with E-state index in [1.165, 1.54) is 6.07 Å². The molecule has 0 unspecified atom stereocenters. The monoisotopic (exact) mass is 269 g/mol. The number of hydrogen-bond acceptors (Lipinski definition) is 2. The summed E-state index contributed by atoms with van der Waals surface area (Å²) in [6.07, 6.45) is 5.27. The zero-order valence-corrected chi connectivity index (χ0v) is 9.55. The van der Waals surface area contributed by atoms with Gasteiger partial charge in [-0.1, -0.05) is 5.92 Å². The average Bonchev–Trinajstić information content (AvgIpc) is 2.21. The molecule has 0 atom stereocenters. The molecule has 2 nitrogen and oxygen atoms in total. The topological polar surface area (TPSA) is 12.5 Å². The zero-order valence-electron chi connectivity index (χ0n) is 7.96. The van der Waals surface area contributed by atoms with Crippen LogP contribution in [0.25, 0.3) is 0 Å². The van der Waals surface area contributed by atoms with Crippen molar-refractivity contribution in [3.63, 3.8) is 0 Å². The Kier molecular flexibility index (Phi) is 2.83. The lowest BCUT2D eigenvalue weighted by Crippen LogP contribution is -2.33. The van der Waals surface area contributed by atoms with Crippen LogP contribution in [0.2, 0.25) is 0 Å². The van der Waals surface area contributed by atoms with E-state index in [1.54, 1.807) is 6.07 Å². The number of halogens is 2. The molecule has 0 spiro atoms. The van der Waals surface area contributed by atoms with Gasteiger partial charge >= 0.3 is 0 Å². The molecule has 0 saturated carbocycles. The number of anilines is 1. The van der Waals surface area contributed by atoms with E-state index in [0.717, 1.165) is 12.2 Å². The molecule has 0 aliphatic carbocycles. The molecule has 0 radical (unpaired) electrons. The third kappa shape index (κ3) is 1.93. The van der Waals surface area contributed by atoms with Crippen LogP contribution in [0.15, 0.2) is 16.6 Å². The van der Waals surface area contributed by atoms with Crippen LogP contribution in [-0.2, 0) is 0 Å². The zero-order chi connectivity index (χ0) is 10.8. The van der Waals surface area contributed by atoms with Gasteiger partial charge in [-0.3, -0.25) is 0 Å². The maximum atomic E-state index is 13.2. The Hall–Kier alpha value is -1.21. The summed E-state index contributed by atoms with van der Waals surface area (Å²) in [5, 5.41) is 0. The first-order valence-corrected chi connectivity index (χ1v) is 5.32. The van der Waals surface area contributed by atoms with Crippen LogP contribution >= 0.6 is 15.9 Å². The first-order chi connectivity index (χ1) is 7.22. The normalized spacial score (nSPS) is 14.1. The van der Waals surface area contributed by atoms with Crippen LogP contribution in [0.3, 0.4) is 0 Å². The second kappa shape index (κ2) is 4.11. The van der Waals surface area contributed by atoms with Crippen molar-refractivity contribution in [1.29, 1.82) is 0 Å². The highest BCUT2D eigenvalue weighted by molar-refractivity contribution is 9.10. The number of fused-ring (bicyclic) bond motifs is 1. The van der Waals surface area contributed by atoms with Crippen molar-refractivity contribution in [2.45, 2.75) is 0 Å². The van der Waals surface area contributed by atoms with E-state index >= 15 is 0 Å². The first-order valence-electron chi connectivity index (χ1n) is 4.52. The highest BCUT2D eigenvalue weighted by Gasteiger charge is 2.19. The Bertz CT molecular complexity index is 427. The van der Waals surface area contributed by atoms with Gasteiger partial charge in [0, 0.05) is 6.07 Å². The summed E-state index contributed by atoms with van der Waals surface area (Å²) in [6, 6.07) is 3.07. The SMILES string of the molecule is C#CCN1CCOc2cc(F)c(Br)cc21. The summed E-state index contributed by atoms with van der Waals surface area (Å²) in [6.45, 7) is 1.78. The summed E-state index contributed by atoms with van der Waals surface area (Å²) < 4.78 is 19.0. The number of hydrogen-bond donors (Lipinski definition) is 0. The lowest BCUT2D eigenvalue weighted by molar-refractivity contribution is 0.308. The highest BCUT2D eigenvalue weighted by atomic mass is 79.9. The predicted molar refractivity (Wildman–Crippen MR) is 60.6 cm³/mol. The lowest BCUT2D eigenvalue weighted by atomic mass is 10.2. The molecule has 0 fully saturated rings. The fourth-order valence-electron chi connectivity index (χ4n) is 1.54. The van der Waals surface area contributed by atoms with Crippen molar-refractivity contribution in [1.82, 2.24) is 0 Å². The number of ether oxygens (including phenoxy) is 1. The molecule has 78 valence electrons. The predicted octanol–water partition coefficient (Wildman–Crippen LogP) is 2.42. The van der Waals surface area contributed by atoms with Crippen LogP contribution < -0.4 is 9.64 Å². The van der Waals surface area contributed by atoms with Gasteiger partial charge in [0.25, 0.3) is 0 Å². The molecule has 2 rings (SSSR count). The molecule has 4 heteroatoms. The van der Waals surface area contributed by atoms with Gasteiger partial charge in [0.05, 0.1) is 23.2 Å². The van der Waals surface area contributed by atoms with E-state index in [2.05, 4.69) is 21.9 Å². The minimum atomic E-state index is -0.323. The van der Waals surface area contributed by atoms with Gasteiger partial charge in [0.1, 0.15) is 18.2 Å². The van der Waals surface area contributed by atoms with Gasteiger partial charge in [0.15, 0.2) is 0 Å². The minimum absolute atomic E-state index is 0.323. The number of benzene rings is 1. The molecule has 1 heterocycles. The van der Waals surface area contributed by atoms with Crippen molar-refractivity contribution < 1.29 is 9.13 Å². The van der Waals surface area contributed by atoms with Gasteiger partial charge in [-0.2, -0.15) is 0 Å². The van der Waals surface area contributed by atoms with Crippen LogP contribution in [0.1, 0.15) is 0 Å². The lowest BCUT2D eigenvalue weighted by Gasteiger charge is -2.29. The molecule has 1 aromatic rings. The summed E-state index contributed by atoms with van der Waals surface area (Å²) in [5.74, 6) is 2.80. The molecule has 0 saturated heterocycles. The summed E-state index contributed by atoms with van der Waals surface area (Å²) in [5.41, 5.74) is 0.840. The second-order valence-electron chi connectivity index (χ2n) is 3.21. The van der Waals surface area contributed by atoms with E-state index in [9.17, 15) is 4.39 Å². The Balaban J connectivity index is 2.43. The van der Waals surface area contributed by atoms with E-state index in [1.807, 2.05) is 4.90 Å². The highest BCUT2D eigenvalue weighted by Crippen LogP contribution is 2.35. The van der Waals surface area contributed by atoms with Crippen molar-refractivity contribution in [3.8, 4) is 18.1 Å². The number of nitrogens with zero attached hydrogens (tertiary/aromatic N) is 1. The molecular weight excluding hydrogens is 261 g/mol. The van der Waals surface area contributed by atoms with Crippen LogP contribution in [0.4, 0.5) is 10.1 Å². The van der Waals surface area contributed by atoms with Gasteiger partial charge in [-0.05, 0) is 22.0 Å². The smallest absolute Gasteiger partial charge is 0.145 e. The standard InChI is InChI=1S/C11H9BrFNO/c1-2-3-14-4-5-15-11-7-9(13)8(12)6-10(11)14/h1,6-7H,3-5H2. The maximum Gasteiger partial charge on any atom is 0.145 e. The van der Waals surface area contributed by atoms with Gasteiger partial charge < -0.3 is 9.64 Å². The summed E-state index contributed by atoms with van der Waals surface area (Å²) in [4.78, 5) is 1.99. The van der Waals surface area contributed by atoms with Gasteiger partial charge in [0.2, 0.25) is 0 Å². The molecule has 0 N–H and O–H groups in total. The molecule has 0 amide bonds. The van der Waals surface area contributed by atoms with E-state index in [0.29, 0.717) is 23.4 Å². The Morgan fingerprint density at radius 1 is 1.60 bits per heavy atom. The quantitative estimate of drug-likeness (QED) is 0.727. The summed E-state index contributed by atoms with van der Waals surface area (Å²) >= 11 is 3.14. The fourth-order valence-corrected chi connectivity index (χ4v) is 1.87. The number of rotatable bonds is 1. The Labute approximate surface area is 96.2 Å². The third-order valence-electron chi connectivity index (χ3n) is 2.24. The summed E-state index contributed by atoms with van der Waals surface area (Å²) in [7, 11) is 0. The van der Waals surface area contributed by atoms with Gasteiger partial charge in [-0.15, -0.1) is 6.42 Å². The molecule has 1 aliphatic heterocycles. The van der Waals surface area contributed by atoms with Crippen molar-refractivity contribution >= 4 is 21.6 Å². The van der Waals surface area contributed by atoms with E-state index < -0.39 is 0 Å². The minimum Gasteiger partial charge on any atom is -0.489 e. The van der Waals surface area contributed by atoms with Crippen LogP contribution in [0.5, 0.6) is 5.75 Å².